The minimum Gasteiger partial charge on any atom is -0.466 e. The quantitative estimate of drug-likeness (QED) is 0.584. The molecule has 3 rings (SSSR count). The Kier molecular flexibility index (Phi) is 0.891. The van der Waals surface area contributed by atoms with Crippen molar-refractivity contribution in [3.63, 3.8) is 0 Å². The molecule has 0 saturated heterocycles. The standard InChI is InChI=1S/C10H10O2/c1-6-4-7-8(12-6)5-10(2-3-10)9(7)11/h4H,2-3,5H2,1H3. The second-order valence-corrected chi connectivity index (χ2v) is 3.98. The smallest absolute Gasteiger partial charge is 0.172 e. The molecular weight excluding hydrogens is 152 g/mol. The Labute approximate surface area is 70.6 Å². The molecule has 12 heavy (non-hydrogen) atoms. The van der Waals surface area contributed by atoms with Gasteiger partial charge in [-0.05, 0) is 25.8 Å². The van der Waals surface area contributed by atoms with E-state index in [4.69, 9.17) is 4.42 Å². The van der Waals surface area contributed by atoms with Crippen LogP contribution in [0.5, 0.6) is 0 Å². The zero-order valence-corrected chi connectivity index (χ0v) is 7.02. The van der Waals surface area contributed by atoms with Crippen molar-refractivity contribution in [1.29, 1.82) is 0 Å². The van der Waals surface area contributed by atoms with Crippen LogP contribution in [0.2, 0.25) is 0 Å². The Morgan fingerprint density at radius 2 is 2.25 bits per heavy atom. The lowest BCUT2D eigenvalue weighted by atomic mass is 10.0. The first-order chi connectivity index (χ1) is 5.71. The third kappa shape index (κ3) is 0.591. The van der Waals surface area contributed by atoms with Crippen LogP contribution >= 0.6 is 0 Å². The van der Waals surface area contributed by atoms with Gasteiger partial charge in [0.15, 0.2) is 5.78 Å². The van der Waals surface area contributed by atoms with Crippen LogP contribution in [-0.4, -0.2) is 5.78 Å². The summed E-state index contributed by atoms with van der Waals surface area (Å²) in [5.74, 6) is 2.12. The molecule has 0 amide bonds. The maximum Gasteiger partial charge on any atom is 0.172 e. The van der Waals surface area contributed by atoms with Gasteiger partial charge >= 0.3 is 0 Å². The van der Waals surface area contributed by atoms with Crippen LogP contribution in [0.1, 0.15) is 34.7 Å². The minimum atomic E-state index is 0.00185. The van der Waals surface area contributed by atoms with Crippen molar-refractivity contribution in [3.05, 3.63) is 23.2 Å². The largest absolute Gasteiger partial charge is 0.466 e. The van der Waals surface area contributed by atoms with Gasteiger partial charge in [-0.2, -0.15) is 0 Å². The molecule has 1 heterocycles. The molecule has 2 nitrogen and oxygen atoms in total. The van der Waals surface area contributed by atoms with Crippen LogP contribution in [0.15, 0.2) is 10.5 Å². The van der Waals surface area contributed by atoms with Crippen molar-refractivity contribution >= 4 is 5.78 Å². The second-order valence-electron chi connectivity index (χ2n) is 3.98. The molecule has 2 aliphatic rings. The van der Waals surface area contributed by atoms with Gasteiger partial charge in [-0.15, -0.1) is 0 Å². The maximum atomic E-state index is 11.7. The fourth-order valence-corrected chi connectivity index (χ4v) is 2.11. The lowest BCUT2D eigenvalue weighted by Gasteiger charge is -1.99. The Morgan fingerprint density at radius 1 is 1.50 bits per heavy atom. The van der Waals surface area contributed by atoms with Gasteiger partial charge in [0, 0.05) is 11.8 Å². The zero-order chi connectivity index (χ0) is 8.34. The van der Waals surface area contributed by atoms with Gasteiger partial charge < -0.3 is 4.42 Å². The van der Waals surface area contributed by atoms with Gasteiger partial charge in [0.25, 0.3) is 0 Å². The van der Waals surface area contributed by atoms with Crippen LogP contribution in [0.25, 0.3) is 0 Å². The SMILES string of the molecule is Cc1cc2c(o1)CC1(CC1)C2=O. The minimum absolute atomic E-state index is 0.00185. The van der Waals surface area contributed by atoms with Crippen molar-refractivity contribution in [2.24, 2.45) is 5.41 Å². The third-order valence-electron chi connectivity index (χ3n) is 3.01. The number of rotatable bonds is 0. The van der Waals surface area contributed by atoms with Crippen LogP contribution in [0.4, 0.5) is 0 Å². The molecule has 0 radical (unpaired) electrons. The first kappa shape index (κ1) is 6.46. The van der Waals surface area contributed by atoms with Gasteiger partial charge in [0.2, 0.25) is 0 Å². The number of Topliss-reactive ketones (excluding diaryl/α,β-unsaturated/α-hetero) is 1. The van der Waals surface area contributed by atoms with E-state index in [1.807, 2.05) is 13.0 Å². The third-order valence-corrected chi connectivity index (χ3v) is 3.01. The predicted molar refractivity (Wildman–Crippen MR) is 43.1 cm³/mol. The first-order valence-electron chi connectivity index (χ1n) is 4.35. The summed E-state index contributed by atoms with van der Waals surface area (Å²) < 4.78 is 5.45. The Balaban J connectivity index is 2.16. The molecular formula is C10H10O2. The molecule has 0 unspecified atom stereocenters. The van der Waals surface area contributed by atoms with Crippen LogP contribution < -0.4 is 0 Å². The highest BCUT2D eigenvalue weighted by Crippen LogP contribution is 2.55. The molecule has 0 aliphatic heterocycles. The molecule has 0 atom stereocenters. The lowest BCUT2D eigenvalue weighted by molar-refractivity contribution is 0.0918. The number of hydrogen-bond donors (Lipinski definition) is 0. The average molecular weight is 162 g/mol. The van der Waals surface area contributed by atoms with E-state index in [1.165, 1.54) is 0 Å². The van der Waals surface area contributed by atoms with Gasteiger partial charge in [-0.3, -0.25) is 4.79 Å². The summed E-state index contributed by atoms with van der Waals surface area (Å²) in [7, 11) is 0. The van der Waals surface area contributed by atoms with E-state index in [2.05, 4.69) is 0 Å². The Morgan fingerprint density at radius 3 is 2.83 bits per heavy atom. The highest BCUT2D eigenvalue weighted by atomic mass is 16.3. The summed E-state index contributed by atoms with van der Waals surface area (Å²) in [6.45, 7) is 1.89. The van der Waals surface area contributed by atoms with Gasteiger partial charge in [0.1, 0.15) is 11.5 Å². The van der Waals surface area contributed by atoms with Crippen molar-refractivity contribution < 1.29 is 9.21 Å². The number of furan rings is 1. The summed E-state index contributed by atoms with van der Waals surface area (Å²) in [5, 5.41) is 0. The molecule has 2 aliphatic carbocycles. The molecule has 0 bridgehead atoms. The molecule has 1 fully saturated rings. The lowest BCUT2D eigenvalue weighted by Crippen LogP contribution is -2.08. The molecule has 1 aromatic rings. The van der Waals surface area contributed by atoms with Crippen molar-refractivity contribution in [2.75, 3.05) is 0 Å². The van der Waals surface area contributed by atoms with E-state index in [0.717, 1.165) is 36.3 Å². The van der Waals surface area contributed by atoms with Crippen LogP contribution in [0, 0.1) is 12.3 Å². The Bertz CT molecular complexity index is 369. The number of ketones is 1. The molecule has 1 saturated carbocycles. The maximum absolute atomic E-state index is 11.7. The summed E-state index contributed by atoms with van der Waals surface area (Å²) >= 11 is 0. The van der Waals surface area contributed by atoms with E-state index in [0.29, 0.717) is 5.78 Å². The average Bonchev–Trinajstić information content (AvgIpc) is 2.64. The van der Waals surface area contributed by atoms with E-state index >= 15 is 0 Å². The highest BCUT2D eigenvalue weighted by Gasteiger charge is 2.55. The topological polar surface area (TPSA) is 30.2 Å². The zero-order valence-electron chi connectivity index (χ0n) is 7.02. The summed E-state index contributed by atoms with van der Waals surface area (Å²) in [6, 6.07) is 1.88. The normalized spacial score (nSPS) is 23.2. The molecule has 0 aromatic carbocycles. The second kappa shape index (κ2) is 1.65. The number of hydrogen-bond acceptors (Lipinski definition) is 2. The van der Waals surface area contributed by atoms with Crippen LogP contribution in [0.3, 0.4) is 0 Å². The fourth-order valence-electron chi connectivity index (χ4n) is 2.11. The summed E-state index contributed by atoms with van der Waals surface area (Å²) in [6.07, 6.45) is 2.99. The molecule has 62 valence electrons. The number of fused-ring (bicyclic) bond motifs is 1. The molecule has 2 heteroatoms. The predicted octanol–water partition coefficient (Wildman–Crippen LogP) is 2.11. The van der Waals surface area contributed by atoms with Gasteiger partial charge in [-0.1, -0.05) is 0 Å². The first-order valence-corrected chi connectivity index (χ1v) is 4.35. The monoisotopic (exact) mass is 162 g/mol. The Hall–Kier alpha value is -1.05. The van der Waals surface area contributed by atoms with E-state index in [1.54, 1.807) is 0 Å². The fraction of sp³-hybridized carbons (Fsp3) is 0.500. The number of carbonyl (C=O) groups excluding carboxylic acids is 1. The van der Waals surface area contributed by atoms with E-state index < -0.39 is 0 Å². The number of carbonyl (C=O) groups is 1. The van der Waals surface area contributed by atoms with Gasteiger partial charge in [0.05, 0.1) is 5.56 Å². The molecule has 1 aromatic heterocycles. The van der Waals surface area contributed by atoms with E-state index in [9.17, 15) is 4.79 Å². The van der Waals surface area contributed by atoms with Gasteiger partial charge in [-0.25, -0.2) is 0 Å². The van der Waals surface area contributed by atoms with E-state index in [-0.39, 0.29) is 5.41 Å². The van der Waals surface area contributed by atoms with Crippen molar-refractivity contribution in [1.82, 2.24) is 0 Å². The summed E-state index contributed by atoms with van der Waals surface area (Å²) in [5.41, 5.74) is 0.854. The molecule has 0 N–H and O–H groups in total. The van der Waals surface area contributed by atoms with Crippen molar-refractivity contribution in [2.45, 2.75) is 26.2 Å². The highest BCUT2D eigenvalue weighted by molar-refractivity contribution is 6.06. The summed E-state index contributed by atoms with van der Waals surface area (Å²) in [4.78, 5) is 11.7. The molecule has 1 spiro atoms. The van der Waals surface area contributed by atoms with Crippen molar-refractivity contribution in [3.8, 4) is 0 Å². The van der Waals surface area contributed by atoms with Crippen LogP contribution in [-0.2, 0) is 6.42 Å². The number of aryl methyl sites for hydroxylation is 1.